The van der Waals surface area contributed by atoms with Crippen molar-refractivity contribution in [1.29, 1.82) is 0 Å². The van der Waals surface area contributed by atoms with Crippen molar-refractivity contribution < 1.29 is 54.1 Å². The van der Waals surface area contributed by atoms with Gasteiger partial charge >= 0.3 is 11.9 Å². The van der Waals surface area contributed by atoms with Crippen LogP contribution in [0.3, 0.4) is 0 Å². The van der Waals surface area contributed by atoms with E-state index in [9.17, 15) is 35.1 Å². The quantitative estimate of drug-likeness (QED) is 0.251. The van der Waals surface area contributed by atoms with Gasteiger partial charge in [-0.3, -0.25) is 4.79 Å². The number of aliphatic carboxylic acids is 1. The summed E-state index contributed by atoms with van der Waals surface area (Å²) < 4.78 is 20.8. The molecule has 0 amide bonds. The Labute approximate surface area is 160 Å². The minimum atomic E-state index is -1.66. The summed E-state index contributed by atoms with van der Waals surface area (Å²) in [6, 6.07) is 0. The molecule has 2 rings (SSSR count). The minimum Gasteiger partial charge on any atom is -0.481 e. The van der Waals surface area contributed by atoms with Crippen LogP contribution in [0.15, 0.2) is 23.5 Å². The van der Waals surface area contributed by atoms with Gasteiger partial charge < -0.3 is 44.5 Å². The van der Waals surface area contributed by atoms with Gasteiger partial charge in [0.1, 0.15) is 24.4 Å². The molecule has 11 heteroatoms. The molecule has 1 fully saturated rings. The fourth-order valence-corrected chi connectivity index (χ4v) is 3.10. The second-order valence-corrected chi connectivity index (χ2v) is 6.31. The molecule has 0 aliphatic carbocycles. The van der Waals surface area contributed by atoms with Gasteiger partial charge in [0, 0.05) is 11.5 Å². The van der Waals surface area contributed by atoms with Crippen molar-refractivity contribution in [2.24, 2.45) is 5.92 Å². The number of rotatable bonds is 6. The van der Waals surface area contributed by atoms with E-state index in [2.05, 4.69) is 4.74 Å². The Bertz CT molecular complexity index is 641. The second-order valence-electron chi connectivity index (χ2n) is 6.31. The number of carbonyl (C=O) groups excluding carboxylic acids is 1. The van der Waals surface area contributed by atoms with Crippen molar-refractivity contribution in [3.05, 3.63) is 23.5 Å². The third-order valence-corrected chi connectivity index (χ3v) is 4.61. The van der Waals surface area contributed by atoms with Gasteiger partial charge in [-0.25, -0.2) is 4.79 Å². The van der Waals surface area contributed by atoms with Gasteiger partial charge in [-0.2, -0.15) is 0 Å². The number of allylic oxidation sites excluding steroid dienone is 1. The Hall–Kier alpha value is -2.02. The highest BCUT2D eigenvalue weighted by atomic mass is 16.8. The summed E-state index contributed by atoms with van der Waals surface area (Å²) in [6.45, 7) is 0.943. The Morgan fingerprint density at radius 3 is 2.43 bits per heavy atom. The maximum absolute atomic E-state index is 11.9. The van der Waals surface area contributed by atoms with Crippen LogP contribution in [0.25, 0.3) is 0 Å². The molecule has 28 heavy (non-hydrogen) atoms. The fourth-order valence-electron chi connectivity index (χ4n) is 3.10. The lowest BCUT2D eigenvalue weighted by molar-refractivity contribution is -0.327. The molecule has 0 aromatic carbocycles. The smallest absolute Gasteiger partial charge is 0.337 e. The first kappa shape index (κ1) is 22.3. The number of methoxy groups -OCH3 is 1. The molecular weight excluding hydrogens is 380 g/mol. The normalized spacial score (nSPS) is 37.1. The van der Waals surface area contributed by atoms with Crippen LogP contribution in [-0.4, -0.2) is 88.2 Å². The monoisotopic (exact) mass is 404 g/mol. The molecule has 2 aliphatic rings. The average Bonchev–Trinajstić information content (AvgIpc) is 2.67. The van der Waals surface area contributed by atoms with E-state index in [1.165, 1.54) is 6.08 Å². The Morgan fingerprint density at radius 1 is 1.21 bits per heavy atom. The molecule has 11 nitrogen and oxygen atoms in total. The molecule has 0 saturated carbocycles. The van der Waals surface area contributed by atoms with Crippen molar-refractivity contribution in [2.45, 2.75) is 50.3 Å². The van der Waals surface area contributed by atoms with Crippen LogP contribution in [-0.2, 0) is 28.5 Å². The molecule has 1 saturated heterocycles. The van der Waals surface area contributed by atoms with E-state index in [1.54, 1.807) is 6.92 Å². The van der Waals surface area contributed by atoms with Crippen molar-refractivity contribution >= 4 is 11.9 Å². The van der Waals surface area contributed by atoms with Gasteiger partial charge in [0.15, 0.2) is 6.29 Å². The summed E-state index contributed by atoms with van der Waals surface area (Å²) in [5.41, 5.74) is 0.244. The number of aliphatic hydroxyl groups excluding tert-OH is 4. The summed E-state index contributed by atoms with van der Waals surface area (Å²) in [6.07, 6.45) is -6.72. The third-order valence-electron chi connectivity index (χ3n) is 4.61. The summed E-state index contributed by atoms with van der Waals surface area (Å²) in [5, 5.41) is 48.2. The van der Waals surface area contributed by atoms with E-state index >= 15 is 0 Å². The highest BCUT2D eigenvalue weighted by Crippen LogP contribution is 2.35. The lowest BCUT2D eigenvalue weighted by atomic mass is 9.86. The zero-order valence-electron chi connectivity index (χ0n) is 15.3. The van der Waals surface area contributed by atoms with E-state index in [0.717, 1.165) is 13.4 Å². The molecule has 0 radical (unpaired) electrons. The zero-order chi connectivity index (χ0) is 21.0. The minimum absolute atomic E-state index is 0.0216. The van der Waals surface area contributed by atoms with Crippen LogP contribution in [0.4, 0.5) is 0 Å². The van der Waals surface area contributed by atoms with E-state index in [0.29, 0.717) is 0 Å². The number of carboxylic acid groups (broad SMARTS) is 1. The molecule has 158 valence electrons. The molecule has 7 atom stereocenters. The molecule has 2 heterocycles. The molecular formula is C17H24O11. The number of ether oxygens (including phenoxy) is 4. The van der Waals surface area contributed by atoms with Crippen molar-refractivity contribution in [3.63, 3.8) is 0 Å². The van der Waals surface area contributed by atoms with Crippen molar-refractivity contribution in [2.75, 3.05) is 13.7 Å². The Balaban J connectivity index is 2.26. The fraction of sp³-hybridized carbons (Fsp3) is 0.647. The van der Waals surface area contributed by atoms with Crippen LogP contribution >= 0.6 is 0 Å². The zero-order valence-corrected chi connectivity index (χ0v) is 15.3. The van der Waals surface area contributed by atoms with Gasteiger partial charge in [0.2, 0.25) is 6.29 Å². The van der Waals surface area contributed by atoms with Gasteiger partial charge in [0.25, 0.3) is 0 Å². The molecule has 0 bridgehead atoms. The van der Waals surface area contributed by atoms with Gasteiger partial charge in [-0.1, -0.05) is 6.08 Å². The Kier molecular flexibility index (Phi) is 7.52. The lowest BCUT2D eigenvalue weighted by Crippen LogP contribution is -2.60. The number of carbonyl (C=O) groups is 2. The highest BCUT2D eigenvalue weighted by Gasteiger charge is 2.46. The summed E-state index contributed by atoms with van der Waals surface area (Å²) >= 11 is 0. The molecule has 0 aromatic heterocycles. The molecule has 1 unspecified atom stereocenters. The predicted molar refractivity (Wildman–Crippen MR) is 89.3 cm³/mol. The SMILES string of the molecule is C/C=C1\C(CC(=O)O)C(C(=O)OC)=CO[C@H]1O[C@@H]1O[C@H](CO)[C@@H](O)[C@H](O)[C@H]1O. The van der Waals surface area contributed by atoms with Gasteiger partial charge in [-0.05, 0) is 6.92 Å². The van der Waals surface area contributed by atoms with E-state index < -0.39 is 67.9 Å². The maximum Gasteiger partial charge on any atom is 0.337 e. The van der Waals surface area contributed by atoms with Gasteiger partial charge in [0.05, 0.1) is 32.0 Å². The second kappa shape index (κ2) is 9.45. The molecule has 2 aliphatic heterocycles. The van der Waals surface area contributed by atoms with Gasteiger partial charge in [-0.15, -0.1) is 0 Å². The van der Waals surface area contributed by atoms with E-state index in [4.69, 9.17) is 14.2 Å². The topological polar surface area (TPSA) is 172 Å². The summed E-state index contributed by atoms with van der Waals surface area (Å²) in [5.74, 6) is -2.86. The Morgan fingerprint density at radius 2 is 1.89 bits per heavy atom. The van der Waals surface area contributed by atoms with Crippen LogP contribution in [0, 0.1) is 5.92 Å². The first-order valence-corrected chi connectivity index (χ1v) is 8.52. The standard InChI is InChI=1S/C17H24O11/c1-3-7-8(4-11(19)20)9(15(24)25-2)6-26-16(7)28-17-14(23)13(22)12(21)10(5-18)27-17/h3,6,8,10,12-14,16-18,21-23H,4-5H2,1-2H3,(H,19,20)/b7-3+/t8?,10-,12-,13+,14-,16+,17+/m1/s1. The van der Waals surface area contributed by atoms with E-state index in [1.807, 2.05) is 0 Å². The first-order valence-electron chi connectivity index (χ1n) is 8.52. The highest BCUT2D eigenvalue weighted by molar-refractivity contribution is 5.90. The summed E-state index contributed by atoms with van der Waals surface area (Å²) in [7, 11) is 1.15. The number of aliphatic hydroxyl groups is 4. The number of hydrogen-bond acceptors (Lipinski definition) is 10. The largest absolute Gasteiger partial charge is 0.481 e. The van der Waals surface area contributed by atoms with Crippen molar-refractivity contribution in [3.8, 4) is 0 Å². The van der Waals surface area contributed by atoms with Crippen LogP contribution in [0.2, 0.25) is 0 Å². The van der Waals surface area contributed by atoms with Crippen molar-refractivity contribution in [1.82, 2.24) is 0 Å². The summed E-state index contributed by atoms with van der Waals surface area (Å²) in [4.78, 5) is 23.2. The first-order chi connectivity index (χ1) is 13.2. The number of esters is 1. The molecule has 0 aromatic rings. The third kappa shape index (κ3) is 4.51. The molecule has 0 spiro atoms. The average molecular weight is 404 g/mol. The number of carboxylic acids is 1. The predicted octanol–water partition coefficient (Wildman–Crippen LogP) is -1.75. The lowest BCUT2D eigenvalue weighted by Gasteiger charge is -2.41. The van der Waals surface area contributed by atoms with Crippen LogP contribution < -0.4 is 0 Å². The van der Waals surface area contributed by atoms with Crippen LogP contribution in [0.5, 0.6) is 0 Å². The molecule has 5 N–H and O–H groups in total. The van der Waals surface area contributed by atoms with Crippen LogP contribution in [0.1, 0.15) is 13.3 Å². The maximum atomic E-state index is 11.9. The van der Waals surface area contributed by atoms with E-state index in [-0.39, 0.29) is 11.1 Å². The number of hydrogen-bond donors (Lipinski definition) is 5.